The van der Waals surface area contributed by atoms with Gasteiger partial charge in [0.05, 0.1) is 11.1 Å². The predicted octanol–water partition coefficient (Wildman–Crippen LogP) is 1.09. The molecule has 4 heteroatoms. The van der Waals surface area contributed by atoms with Gasteiger partial charge < -0.3 is 0 Å². The molecule has 0 spiro atoms. The smallest absolute Gasteiger partial charge is 0.158 e. The highest BCUT2D eigenvalue weighted by Gasteiger charge is 2.09. The van der Waals surface area contributed by atoms with E-state index in [1.54, 1.807) is 16.9 Å². The Balaban J connectivity index is 2.96. The minimum atomic E-state index is 0.649. The molecule has 0 aliphatic rings. The fourth-order valence-corrected chi connectivity index (χ4v) is 1.50. The summed E-state index contributed by atoms with van der Waals surface area (Å²) in [4.78, 5) is 14.9. The van der Waals surface area contributed by atoms with Crippen LogP contribution in [0.3, 0.4) is 0 Å². The van der Waals surface area contributed by atoms with Crippen molar-refractivity contribution >= 4 is 17.3 Å². The third-order valence-corrected chi connectivity index (χ3v) is 2.06. The molecule has 0 aliphatic heterocycles. The quantitative estimate of drug-likeness (QED) is 0.609. The maximum atomic E-state index is 10.7. The molecular formula is C9H9N3O. The molecule has 0 N–H and O–H groups in total. The van der Waals surface area contributed by atoms with Gasteiger partial charge in [-0.15, -0.1) is 0 Å². The van der Waals surface area contributed by atoms with Crippen LogP contribution in [-0.2, 0) is 7.05 Å². The van der Waals surface area contributed by atoms with E-state index in [2.05, 4.69) is 10.1 Å². The van der Waals surface area contributed by atoms with E-state index in [0.29, 0.717) is 5.56 Å². The van der Waals surface area contributed by atoms with Crippen molar-refractivity contribution in [2.75, 3.05) is 0 Å². The van der Waals surface area contributed by atoms with Gasteiger partial charge in [-0.25, -0.2) is 4.98 Å². The van der Waals surface area contributed by atoms with Gasteiger partial charge in [0.15, 0.2) is 11.9 Å². The minimum absolute atomic E-state index is 0.649. The lowest BCUT2D eigenvalue weighted by Crippen LogP contribution is -1.92. The Morgan fingerprint density at radius 1 is 1.54 bits per heavy atom. The van der Waals surface area contributed by atoms with Gasteiger partial charge in [-0.1, -0.05) is 0 Å². The summed E-state index contributed by atoms with van der Waals surface area (Å²) in [6.45, 7) is 1.87. The summed E-state index contributed by atoms with van der Waals surface area (Å²) in [5.41, 5.74) is 2.24. The Labute approximate surface area is 75.2 Å². The molecule has 0 saturated carbocycles. The maximum absolute atomic E-state index is 10.7. The molecule has 13 heavy (non-hydrogen) atoms. The number of aryl methyl sites for hydroxylation is 2. The average molecular weight is 175 g/mol. The number of aromatic nitrogens is 3. The normalized spacial score (nSPS) is 10.6. The number of rotatable bonds is 1. The monoisotopic (exact) mass is 175 g/mol. The number of aldehydes is 1. The lowest BCUT2D eigenvalue weighted by atomic mass is 10.2. The predicted molar refractivity (Wildman–Crippen MR) is 48.6 cm³/mol. The maximum Gasteiger partial charge on any atom is 0.158 e. The number of carbonyl (C=O) groups is 1. The van der Waals surface area contributed by atoms with E-state index in [0.717, 1.165) is 23.0 Å². The number of nitrogens with zero attached hydrogens (tertiary/aromatic N) is 3. The summed E-state index contributed by atoms with van der Waals surface area (Å²) < 4.78 is 1.68. The van der Waals surface area contributed by atoms with Crippen molar-refractivity contribution < 1.29 is 4.79 Å². The van der Waals surface area contributed by atoms with E-state index >= 15 is 0 Å². The summed E-state index contributed by atoms with van der Waals surface area (Å²) in [5.74, 6) is 0. The molecule has 0 radical (unpaired) electrons. The highest BCUT2D eigenvalue weighted by atomic mass is 16.1. The Morgan fingerprint density at radius 2 is 2.31 bits per heavy atom. The highest BCUT2D eigenvalue weighted by molar-refractivity contribution is 5.96. The molecule has 0 atom stereocenters. The van der Waals surface area contributed by atoms with Crippen molar-refractivity contribution in [3.8, 4) is 0 Å². The lowest BCUT2D eigenvalue weighted by Gasteiger charge is -1.94. The molecule has 2 aromatic heterocycles. The molecule has 0 fully saturated rings. The van der Waals surface area contributed by atoms with Crippen molar-refractivity contribution in [1.29, 1.82) is 0 Å². The highest BCUT2D eigenvalue weighted by Crippen LogP contribution is 2.17. The van der Waals surface area contributed by atoms with Gasteiger partial charge in [-0.05, 0) is 13.0 Å². The third-order valence-electron chi connectivity index (χ3n) is 2.06. The van der Waals surface area contributed by atoms with Crippen LogP contribution >= 0.6 is 0 Å². The van der Waals surface area contributed by atoms with E-state index < -0.39 is 0 Å². The van der Waals surface area contributed by atoms with Crippen LogP contribution in [0.15, 0.2) is 12.3 Å². The van der Waals surface area contributed by atoms with Crippen LogP contribution in [0.2, 0.25) is 0 Å². The summed E-state index contributed by atoms with van der Waals surface area (Å²) in [6.07, 6.45) is 2.45. The average Bonchev–Trinajstić information content (AvgIpc) is 2.43. The van der Waals surface area contributed by atoms with Crippen molar-refractivity contribution in [3.05, 3.63) is 23.5 Å². The first-order valence-electron chi connectivity index (χ1n) is 3.97. The Bertz CT molecular complexity index is 473. The molecule has 2 rings (SSSR count). The molecular weight excluding hydrogens is 166 g/mol. The Hall–Kier alpha value is -1.71. The molecule has 0 aromatic carbocycles. The first-order chi connectivity index (χ1) is 6.24. The second-order valence-corrected chi connectivity index (χ2v) is 2.93. The van der Waals surface area contributed by atoms with Gasteiger partial charge in [0.1, 0.15) is 0 Å². The molecule has 2 heterocycles. The van der Waals surface area contributed by atoms with Crippen molar-refractivity contribution in [2.45, 2.75) is 6.92 Å². The van der Waals surface area contributed by atoms with E-state index in [9.17, 15) is 4.79 Å². The zero-order valence-electron chi connectivity index (χ0n) is 7.48. The van der Waals surface area contributed by atoms with Gasteiger partial charge in [-0.3, -0.25) is 9.48 Å². The Kier molecular flexibility index (Phi) is 1.62. The first-order valence-corrected chi connectivity index (χ1v) is 3.97. The van der Waals surface area contributed by atoms with Crippen LogP contribution in [0.25, 0.3) is 11.0 Å². The van der Waals surface area contributed by atoms with Gasteiger partial charge in [0.25, 0.3) is 0 Å². The number of pyridine rings is 1. The van der Waals surface area contributed by atoms with E-state index in [4.69, 9.17) is 0 Å². The second-order valence-electron chi connectivity index (χ2n) is 2.93. The molecule has 0 bridgehead atoms. The number of hydrogen-bond acceptors (Lipinski definition) is 3. The lowest BCUT2D eigenvalue weighted by molar-refractivity contribution is 0.112. The van der Waals surface area contributed by atoms with E-state index in [-0.39, 0.29) is 0 Å². The van der Waals surface area contributed by atoms with Gasteiger partial charge in [-0.2, -0.15) is 5.10 Å². The molecule has 0 saturated heterocycles. The fourth-order valence-electron chi connectivity index (χ4n) is 1.50. The third kappa shape index (κ3) is 1.02. The largest absolute Gasteiger partial charge is 0.298 e. The van der Waals surface area contributed by atoms with Crippen LogP contribution in [-0.4, -0.2) is 21.1 Å². The van der Waals surface area contributed by atoms with E-state index in [1.165, 1.54) is 0 Å². The van der Waals surface area contributed by atoms with Crippen molar-refractivity contribution in [2.24, 2.45) is 7.05 Å². The molecule has 0 aliphatic carbocycles. The van der Waals surface area contributed by atoms with Crippen molar-refractivity contribution in [3.63, 3.8) is 0 Å². The molecule has 66 valence electrons. The zero-order chi connectivity index (χ0) is 9.42. The van der Waals surface area contributed by atoms with Crippen LogP contribution in [0.4, 0.5) is 0 Å². The summed E-state index contributed by atoms with van der Waals surface area (Å²) >= 11 is 0. The number of fused-ring (bicyclic) bond motifs is 1. The van der Waals surface area contributed by atoms with Crippen LogP contribution in [0.5, 0.6) is 0 Å². The van der Waals surface area contributed by atoms with Crippen LogP contribution < -0.4 is 0 Å². The minimum Gasteiger partial charge on any atom is -0.298 e. The number of carbonyl (C=O) groups excluding carboxylic acids is 1. The summed E-state index contributed by atoms with van der Waals surface area (Å²) in [5, 5.41) is 5.04. The molecule has 0 amide bonds. The number of hydrogen-bond donors (Lipinski definition) is 0. The first kappa shape index (κ1) is 7.91. The van der Waals surface area contributed by atoms with Crippen LogP contribution in [0, 0.1) is 6.92 Å². The van der Waals surface area contributed by atoms with E-state index in [1.807, 2.05) is 14.0 Å². The fraction of sp³-hybridized carbons (Fsp3) is 0.222. The van der Waals surface area contributed by atoms with Gasteiger partial charge in [0.2, 0.25) is 0 Å². The topological polar surface area (TPSA) is 47.8 Å². The summed E-state index contributed by atoms with van der Waals surface area (Å²) in [7, 11) is 1.82. The van der Waals surface area contributed by atoms with Crippen LogP contribution in [0.1, 0.15) is 16.1 Å². The standard InChI is InChI=1S/C9H9N3O/c1-6-8-7(5-13)3-4-10-9(8)12(2)11-6/h3-5H,1-2H3. The molecule has 2 aromatic rings. The van der Waals surface area contributed by atoms with Crippen molar-refractivity contribution in [1.82, 2.24) is 14.8 Å². The molecule has 4 nitrogen and oxygen atoms in total. The molecule has 0 unspecified atom stereocenters. The SMILES string of the molecule is Cc1nn(C)c2nccc(C=O)c12. The second kappa shape index (κ2) is 2.65. The summed E-state index contributed by atoms with van der Waals surface area (Å²) in [6, 6.07) is 1.70. The Morgan fingerprint density at radius 3 is 3.00 bits per heavy atom. The van der Waals surface area contributed by atoms with Gasteiger partial charge >= 0.3 is 0 Å². The van der Waals surface area contributed by atoms with Gasteiger partial charge in [0, 0.05) is 18.8 Å². The zero-order valence-corrected chi connectivity index (χ0v) is 7.48.